The highest BCUT2D eigenvalue weighted by Gasteiger charge is 2.27. The molecule has 25 heavy (non-hydrogen) atoms. The van der Waals surface area contributed by atoms with Crippen LogP contribution in [0.4, 0.5) is 0 Å². The number of fused-ring (bicyclic) bond motifs is 3. The third-order valence-electron chi connectivity index (χ3n) is 4.30. The minimum absolute atomic E-state index is 0.156. The second kappa shape index (κ2) is 6.19. The van der Waals surface area contributed by atoms with E-state index in [2.05, 4.69) is 11.2 Å². The predicted molar refractivity (Wildman–Crippen MR) is 98.6 cm³/mol. The van der Waals surface area contributed by atoms with Crippen molar-refractivity contribution in [1.82, 2.24) is 9.58 Å². The molecule has 1 atom stereocenters. The molecule has 6 heteroatoms. The largest absolute Gasteiger partial charge is 0.330 e. The molecule has 0 spiro atoms. The first kappa shape index (κ1) is 15.6. The quantitative estimate of drug-likeness (QED) is 0.724. The molecule has 5 nitrogen and oxygen atoms in total. The van der Waals surface area contributed by atoms with E-state index in [1.165, 1.54) is 5.01 Å². The Morgan fingerprint density at radius 2 is 2.12 bits per heavy atom. The minimum Gasteiger partial charge on any atom is -0.330 e. The molecule has 1 amide bonds. The highest BCUT2D eigenvalue weighted by atomic mass is 32.1. The Labute approximate surface area is 149 Å². The van der Waals surface area contributed by atoms with Gasteiger partial charge in [-0.15, -0.1) is 11.3 Å². The molecule has 0 aliphatic carbocycles. The molecule has 1 aliphatic heterocycles. The van der Waals surface area contributed by atoms with Crippen molar-refractivity contribution in [3.8, 4) is 6.07 Å². The van der Waals surface area contributed by atoms with Gasteiger partial charge in [0, 0.05) is 0 Å². The smallest absolute Gasteiger partial charge is 0.290 e. The van der Waals surface area contributed by atoms with Crippen molar-refractivity contribution in [3.63, 3.8) is 0 Å². The van der Waals surface area contributed by atoms with Crippen molar-refractivity contribution < 1.29 is 4.79 Å². The first-order chi connectivity index (χ1) is 12.2. The highest BCUT2D eigenvalue weighted by Crippen LogP contribution is 2.28. The van der Waals surface area contributed by atoms with E-state index in [0.29, 0.717) is 12.2 Å². The summed E-state index contributed by atoms with van der Waals surface area (Å²) in [5, 5.41) is 17.2. The minimum atomic E-state index is -0.285. The zero-order valence-electron chi connectivity index (χ0n) is 13.7. The average Bonchev–Trinajstić information content (AvgIpc) is 3.19. The van der Waals surface area contributed by atoms with Crippen LogP contribution in [-0.4, -0.2) is 27.7 Å². The van der Waals surface area contributed by atoms with E-state index in [4.69, 9.17) is 5.26 Å². The maximum Gasteiger partial charge on any atom is 0.290 e. The Bertz CT molecular complexity index is 1010. The second-order valence-electron chi connectivity index (χ2n) is 6.12. The summed E-state index contributed by atoms with van der Waals surface area (Å²) in [5.74, 6) is -0.441. The van der Waals surface area contributed by atoms with E-state index in [9.17, 15) is 4.79 Å². The Kier molecular flexibility index (Phi) is 3.86. The van der Waals surface area contributed by atoms with E-state index >= 15 is 0 Å². The number of rotatable bonds is 3. The lowest BCUT2D eigenvalue weighted by Gasteiger charge is -2.17. The van der Waals surface area contributed by atoms with E-state index < -0.39 is 0 Å². The summed E-state index contributed by atoms with van der Waals surface area (Å²) < 4.78 is 3.11. The normalized spacial score (nSPS) is 15.4. The standard InChI is InChI=1S/C19H16N4OS/c1-13(10-20)11-23-19(24)17-9-18-16(7-8-25-18)22(17)12-15(21-23)14-5-3-2-4-6-14/h2-9,13H,11-12H2,1H3/t13-/m1/s1. The van der Waals surface area contributed by atoms with Crippen LogP contribution < -0.4 is 0 Å². The Hall–Kier alpha value is -2.91. The van der Waals surface area contributed by atoms with Crippen LogP contribution in [0.2, 0.25) is 0 Å². The number of hydrogen-bond donors (Lipinski definition) is 0. The molecule has 1 aromatic carbocycles. The van der Waals surface area contributed by atoms with E-state index in [0.717, 1.165) is 21.5 Å². The summed E-state index contributed by atoms with van der Waals surface area (Å²) >= 11 is 1.62. The van der Waals surface area contributed by atoms with Gasteiger partial charge < -0.3 is 4.57 Å². The molecule has 0 unspecified atom stereocenters. The molecule has 4 rings (SSSR count). The number of nitrogens with zero attached hydrogens (tertiary/aromatic N) is 4. The SMILES string of the molecule is C[C@H](C#N)CN1N=C(c2ccccc2)Cn2c(cc3sccc32)C1=O. The average molecular weight is 348 g/mol. The molecular formula is C19H16N4OS. The van der Waals surface area contributed by atoms with Gasteiger partial charge in [0.2, 0.25) is 0 Å². The van der Waals surface area contributed by atoms with Crippen LogP contribution in [0.1, 0.15) is 23.0 Å². The van der Waals surface area contributed by atoms with Crippen LogP contribution in [0.15, 0.2) is 52.9 Å². The zero-order valence-corrected chi connectivity index (χ0v) is 14.5. The molecule has 3 aromatic rings. The molecule has 1 aliphatic rings. The van der Waals surface area contributed by atoms with E-state index in [-0.39, 0.29) is 18.4 Å². The van der Waals surface area contributed by atoms with Gasteiger partial charge >= 0.3 is 0 Å². The first-order valence-corrected chi connectivity index (χ1v) is 8.96. The van der Waals surface area contributed by atoms with Crippen LogP contribution in [-0.2, 0) is 6.54 Å². The van der Waals surface area contributed by atoms with Gasteiger partial charge in [0.25, 0.3) is 5.91 Å². The summed E-state index contributed by atoms with van der Waals surface area (Å²) in [6.07, 6.45) is 0. The molecule has 2 aromatic heterocycles. The van der Waals surface area contributed by atoms with Gasteiger partial charge in [0.05, 0.1) is 41.0 Å². The molecule has 0 saturated heterocycles. The summed E-state index contributed by atoms with van der Waals surface area (Å²) in [4.78, 5) is 13.0. The van der Waals surface area contributed by atoms with Gasteiger partial charge in [0.1, 0.15) is 5.69 Å². The fraction of sp³-hybridized carbons (Fsp3) is 0.211. The number of amides is 1. The van der Waals surface area contributed by atoms with Crippen molar-refractivity contribution in [1.29, 1.82) is 5.26 Å². The molecule has 0 fully saturated rings. The summed E-state index contributed by atoms with van der Waals surface area (Å²) in [7, 11) is 0. The Morgan fingerprint density at radius 3 is 2.88 bits per heavy atom. The predicted octanol–water partition coefficient (Wildman–Crippen LogP) is 3.72. The van der Waals surface area contributed by atoms with Crippen molar-refractivity contribution in [2.75, 3.05) is 6.54 Å². The van der Waals surface area contributed by atoms with Gasteiger partial charge in [-0.1, -0.05) is 30.3 Å². The number of aromatic nitrogens is 1. The lowest BCUT2D eigenvalue weighted by atomic mass is 10.1. The maximum absolute atomic E-state index is 13.0. The fourth-order valence-electron chi connectivity index (χ4n) is 3.03. The topological polar surface area (TPSA) is 61.4 Å². The Balaban J connectivity index is 1.86. The van der Waals surface area contributed by atoms with Crippen molar-refractivity contribution in [2.45, 2.75) is 13.5 Å². The number of hydrogen-bond acceptors (Lipinski definition) is 4. The van der Waals surface area contributed by atoms with Crippen LogP contribution in [0.3, 0.4) is 0 Å². The molecular weight excluding hydrogens is 332 g/mol. The van der Waals surface area contributed by atoms with Gasteiger partial charge in [-0.25, -0.2) is 5.01 Å². The molecule has 0 bridgehead atoms. The monoisotopic (exact) mass is 348 g/mol. The van der Waals surface area contributed by atoms with E-state index in [1.807, 2.05) is 52.4 Å². The molecule has 0 radical (unpaired) electrons. The summed E-state index contributed by atoms with van der Waals surface area (Å²) in [5.41, 5.74) is 3.48. The molecule has 0 saturated carbocycles. The van der Waals surface area contributed by atoms with Gasteiger partial charge in [-0.2, -0.15) is 10.4 Å². The highest BCUT2D eigenvalue weighted by molar-refractivity contribution is 7.17. The van der Waals surface area contributed by atoms with Crippen molar-refractivity contribution in [2.24, 2.45) is 11.0 Å². The number of nitriles is 1. The van der Waals surface area contributed by atoms with Crippen molar-refractivity contribution >= 4 is 33.2 Å². The van der Waals surface area contributed by atoms with Crippen LogP contribution in [0, 0.1) is 17.2 Å². The van der Waals surface area contributed by atoms with Crippen LogP contribution >= 0.6 is 11.3 Å². The lowest BCUT2D eigenvalue weighted by molar-refractivity contribution is 0.0744. The van der Waals surface area contributed by atoms with Gasteiger partial charge in [0.15, 0.2) is 0 Å². The van der Waals surface area contributed by atoms with Crippen molar-refractivity contribution in [3.05, 3.63) is 59.1 Å². The third kappa shape index (κ3) is 2.73. The molecule has 0 N–H and O–H groups in total. The zero-order chi connectivity index (χ0) is 17.4. The number of thiophene rings is 1. The maximum atomic E-state index is 13.0. The summed E-state index contributed by atoms with van der Waals surface area (Å²) in [6.45, 7) is 2.61. The van der Waals surface area contributed by atoms with Gasteiger partial charge in [-0.05, 0) is 30.0 Å². The number of benzene rings is 1. The number of carbonyl (C=O) groups excluding carboxylic acids is 1. The first-order valence-electron chi connectivity index (χ1n) is 8.08. The van der Waals surface area contributed by atoms with Gasteiger partial charge in [-0.3, -0.25) is 4.79 Å². The number of carbonyl (C=O) groups is 1. The van der Waals surface area contributed by atoms with Crippen LogP contribution in [0.25, 0.3) is 10.2 Å². The van der Waals surface area contributed by atoms with Crippen LogP contribution in [0.5, 0.6) is 0 Å². The third-order valence-corrected chi connectivity index (χ3v) is 5.15. The fourth-order valence-corrected chi connectivity index (χ4v) is 3.86. The molecule has 3 heterocycles. The lowest BCUT2D eigenvalue weighted by Crippen LogP contribution is -2.30. The van der Waals surface area contributed by atoms with E-state index in [1.54, 1.807) is 18.3 Å². The second-order valence-corrected chi connectivity index (χ2v) is 7.06. The number of hydrazone groups is 1. The molecule has 124 valence electrons. The Morgan fingerprint density at radius 1 is 1.32 bits per heavy atom. The summed E-state index contributed by atoms with van der Waals surface area (Å²) in [6, 6.07) is 16.0.